The van der Waals surface area contributed by atoms with Gasteiger partial charge >= 0.3 is 5.97 Å². The summed E-state index contributed by atoms with van der Waals surface area (Å²) in [5.41, 5.74) is 1.86. The lowest BCUT2D eigenvalue weighted by Gasteiger charge is -2.29. The van der Waals surface area contributed by atoms with Crippen molar-refractivity contribution < 1.29 is 14.7 Å². The van der Waals surface area contributed by atoms with Crippen LogP contribution in [0.3, 0.4) is 0 Å². The van der Waals surface area contributed by atoms with Gasteiger partial charge in [-0.15, -0.1) is 0 Å². The van der Waals surface area contributed by atoms with E-state index in [1.807, 2.05) is 31.2 Å². The van der Waals surface area contributed by atoms with Gasteiger partial charge in [0, 0.05) is 5.56 Å². The first-order chi connectivity index (χ1) is 9.08. The van der Waals surface area contributed by atoms with E-state index in [0.717, 1.165) is 11.3 Å². The number of hydrogen-bond donors (Lipinski definition) is 1. The van der Waals surface area contributed by atoms with Gasteiger partial charge in [-0.25, -0.2) is 4.99 Å². The maximum Gasteiger partial charge on any atom is 0.305 e. The summed E-state index contributed by atoms with van der Waals surface area (Å²) in [5, 5.41) is 8.89. The number of nitrogens with zero attached hydrogens (tertiary/aromatic N) is 2. The molecule has 0 spiro atoms. The van der Waals surface area contributed by atoms with Crippen LogP contribution in [0.25, 0.3) is 0 Å². The first-order valence-electron chi connectivity index (χ1n) is 5.97. The SMILES string of the molecule is CC1c2ccccc2N=C2SC(CC(=O)O)C(=O)N21. The van der Waals surface area contributed by atoms with Crippen molar-refractivity contribution in [2.24, 2.45) is 4.99 Å². The zero-order chi connectivity index (χ0) is 13.6. The minimum Gasteiger partial charge on any atom is -0.481 e. The molecule has 1 N–H and O–H groups in total. The highest BCUT2D eigenvalue weighted by Crippen LogP contribution is 2.43. The van der Waals surface area contributed by atoms with Crippen LogP contribution in [-0.4, -0.2) is 32.3 Å². The van der Waals surface area contributed by atoms with Gasteiger partial charge in [-0.1, -0.05) is 30.0 Å². The quantitative estimate of drug-likeness (QED) is 0.898. The fourth-order valence-electron chi connectivity index (χ4n) is 2.39. The molecule has 2 heterocycles. The Morgan fingerprint density at radius 2 is 2.21 bits per heavy atom. The van der Waals surface area contributed by atoms with Gasteiger partial charge in [0.1, 0.15) is 5.25 Å². The third-order valence-corrected chi connectivity index (χ3v) is 4.47. The number of amidine groups is 1. The molecule has 1 aromatic rings. The molecule has 1 amide bonds. The van der Waals surface area contributed by atoms with Crippen molar-refractivity contribution in [2.45, 2.75) is 24.6 Å². The highest BCUT2D eigenvalue weighted by atomic mass is 32.2. The van der Waals surface area contributed by atoms with Crippen molar-refractivity contribution in [3.05, 3.63) is 29.8 Å². The van der Waals surface area contributed by atoms with Crippen LogP contribution in [0.1, 0.15) is 24.9 Å². The number of para-hydroxylation sites is 1. The molecule has 1 fully saturated rings. The monoisotopic (exact) mass is 276 g/mol. The Balaban J connectivity index is 1.98. The highest BCUT2D eigenvalue weighted by Gasteiger charge is 2.44. The molecule has 1 saturated heterocycles. The zero-order valence-electron chi connectivity index (χ0n) is 10.2. The molecule has 0 aromatic heterocycles. The van der Waals surface area contributed by atoms with Gasteiger partial charge in [0.25, 0.3) is 0 Å². The summed E-state index contributed by atoms with van der Waals surface area (Å²) in [7, 11) is 0. The van der Waals surface area contributed by atoms with Crippen molar-refractivity contribution in [2.75, 3.05) is 0 Å². The van der Waals surface area contributed by atoms with Crippen LogP contribution in [0.4, 0.5) is 5.69 Å². The minimum absolute atomic E-state index is 0.0949. The predicted molar refractivity (Wildman–Crippen MR) is 72.4 cm³/mol. The molecule has 19 heavy (non-hydrogen) atoms. The van der Waals surface area contributed by atoms with Gasteiger partial charge < -0.3 is 5.11 Å². The molecule has 2 unspecified atom stereocenters. The average molecular weight is 276 g/mol. The Morgan fingerprint density at radius 3 is 2.95 bits per heavy atom. The number of amides is 1. The zero-order valence-corrected chi connectivity index (χ0v) is 11.1. The number of carboxylic acid groups (broad SMARTS) is 1. The fraction of sp³-hybridized carbons (Fsp3) is 0.308. The van der Waals surface area contributed by atoms with Gasteiger partial charge in [0.2, 0.25) is 5.91 Å². The second-order valence-corrected chi connectivity index (χ2v) is 5.71. The van der Waals surface area contributed by atoms with E-state index in [4.69, 9.17) is 5.11 Å². The Kier molecular flexibility index (Phi) is 2.82. The van der Waals surface area contributed by atoms with Crippen LogP contribution >= 0.6 is 11.8 Å². The normalized spacial score (nSPS) is 24.8. The summed E-state index contributed by atoms with van der Waals surface area (Å²) in [5.74, 6) is -1.12. The van der Waals surface area contributed by atoms with Gasteiger partial charge in [-0.05, 0) is 13.0 Å². The topological polar surface area (TPSA) is 70.0 Å². The molecule has 0 bridgehead atoms. The van der Waals surface area contributed by atoms with Gasteiger partial charge in [-0.2, -0.15) is 0 Å². The maximum absolute atomic E-state index is 12.3. The van der Waals surface area contributed by atoms with Crippen LogP contribution in [-0.2, 0) is 9.59 Å². The minimum atomic E-state index is -0.962. The molecule has 98 valence electrons. The molecule has 5 nitrogen and oxygen atoms in total. The number of carbonyl (C=O) groups excluding carboxylic acids is 1. The Bertz CT molecular complexity index is 599. The highest BCUT2D eigenvalue weighted by molar-refractivity contribution is 8.15. The molecular formula is C13H12N2O3S. The summed E-state index contributed by atoms with van der Waals surface area (Å²) in [6.07, 6.45) is -0.165. The number of thioether (sulfide) groups is 1. The van der Waals surface area contributed by atoms with Crippen molar-refractivity contribution in [3.8, 4) is 0 Å². The van der Waals surface area contributed by atoms with E-state index in [1.165, 1.54) is 11.8 Å². The van der Waals surface area contributed by atoms with Gasteiger partial charge in [0.05, 0.1) is 18.2 Å². The van der Waals surface area contributed by atoms with E-state index in [2.05, 4.69) is 4.99 Å². The van der Waals surface area contributed by atoms with Crippen molar-refractivity contribution >= 4 is 34.5 Å². The predicted octanol–water partition coefficient (Wildman–Crippen LogP) is 2.17. The standard InChI is InChI=1S/C13H12N2O3S/c1-7-8-4-2-3-5-9(8)14-13-15(7)12(18)10(19-13)6-11(16)17/h2-5,7,10H,6H2,1H3,(H,16,17). The first-order valence-corrected chi connectivity index (χ1v) is 6.85. The molecule has 1 aromatic carbocycles. The lowest BCUT2D eigenvalue weighted by molar-refractivity contribution is -0.139. The van der Waals surface area contributed by atoms with Crippen molar-refractivity contribution in [1.82, 2.24) is 4.90 Å². The van der Waals surface area contributed by atoms with Crippen molar-refractivity contribution in [1.29, 1.82) is 0 Å². The van der Waals surface area contributed by atoms with E-state index in [-0.39, 0.29) is 18.4 Å². The molecule has 2 aliphatic heterocycles. The number of benzene rings is 1. The molecule has 0 aliphatic carbocycles. The van der Waals surface area contributed by atoms with Gasteiger partial charge in [0.15, 0.2) is 5.17 Å². The van der Waals surface area contributed by atoms with Crippen LogP contribution in [0.15, 0.2) is 29.3 Å². The number of hydrogen-bond acceptors (Lipinski definition) is 4. The molecule has 0 saturated carbocycles. The van der Waals surface area contributed by atoms with Crippen LogP contribution in [0.2, 0.25) is 0 Å². The number of aliphatic imine (C=N–C) groups is 1. The number of rotatable bonds is 2. The molecule has 3 rings (SSSR count). The molecule has 2 aliphatic rings. The number of carbonyl (C=O) groups is 2. The van der Waals surface area contributed by atoms with Crippen LogP contribution < -0.4 is 0 Å². The van der Waals surface area contributed by atoms with E-state index in [1.54, 1.807) is 4.90 Å². The summed E-state index contributed by atoms with van der Waals surface area (Å²) in [6.45, 7) is 1.94. The third kappa shape index (κ3) is 1.92. The van der Waals surface area contributed by atoms with Crippen LogP contribution in [0, 0.1) is 0 Å². The smallest absolute Gasteiger partial charge is 0.305 e. The largest absolute Gasteiger partial charge is 0.481 e. The Morgan fingerprint density at radius 1 is 1.47 bits per heavy atom. The molecule has 0 radical (unpaired) electrons. The number of carboxylic acids is 1. The van der Waals surface area contributed by atoms with Gasteiger partial charge in [-0.3, -0.25) is 14.5 Å². The van der Waals surface area contributed by atoms with E-state index >= 15 is 0 Å². The molecule has 2 atom stereocenters. The maximum atomic E-state index is 12.3. The summed E-state index contributed by atoms with van der Waals surface area (Å²) in [6, 6.07) is 7.58. The van der Waals surface area contributed by atoms with E-state index in [0.29, 0.717) is 5.17 Å². The summed E-state index contributed by atoms with van der Waals surface area (Å²) >= 11 is 1.24. The number of fused-ring (bicyclic) bond motifs is 2. The lowest BCUT2D eigenvalue weighted by Crippen LogP contribution is -2.36. The fourth-order valence-corrected chi connectivity index (χ4v) is 3.60. The Labute approximate surface area is 114 Å². The lowest BCUT2D eigenvalue weighted by atomic mass is 10.0. The second kappa shape index (κ2) is 4.38. The molecular weight excluding hydrogens is 264 g/mol. The Hall–Kier alpha value is -1.82. The van der Waals surface area contributed by atoms with E-state index in [9.17, 15) is 9.59 Å². The summed E-state index contributed by atoms with van der Waals surface area (Å²) in [4.78, 5) is 29.1. The van der Waals surface area contributed by atoms with E-state index < -0.39 is 11.2 Å². The second-order valence-electron chi connectivity index (χ2n) is 4.54. The third-order valence-electron chi connectivity index (χ3n) is 3.32. The number of aliphatic carboxylic acids is 1. The summed E-state index contributed by atoms with van der Waals surface area (Å²) < 4.78 is 0. The first kappa shape index (κ1) is 12.2. The molecule has 6 heteroatoms. The van der Waals surface area contributed by atoms with Crippen LogP contribution in [0.5, 0.6) is 0 Å². The van der Waals surface area contributed by atoms with Crippen molar-refractivity contribution in [3.63, 3.8) is 0 Å². The average Bonchev–Trinajstić information content (AvgIpc) is 2.66.